The SMILES string of the molecule is CCN(CC)C1CCN(C(C)CC(C)(N)C#N)C1. The molecule has 0 amide bonds. The maximum atomic E-state index is 9.00. The molecule has 3 unspecified atom stereocenters. The highest BCUT2D eigenvalue weighted by molar-refractivity contribution is 5.03. The van der Waals surface area contributed by atoms with Gasteiger partial charge in [0.05, 0.1) is 6.07 Å². The van der Waals surface area contributed by atoms with Gasteiger partial charge in [-0.1, -0.05) is 13.8 Å². The molecule has 1 rings (SSSR count). The van der Waals surface area contributed by atoms with Crippen LogP contribution in [-0.2, 0) is 0 Å². The van der Waals surface area contributed by atoms with Crippen LogP contribution >= 0.6 is 0 Å². The highest BCUT2D eigenvalue weighted by Crippen LogP contribution is 2.21. The zero-order chi connectivity index (χ0) is 13.8. The van der Waals surface area contributed by atoms with Crippen molar-refractivity contribution < 1.29 is 0 Å². The maximum Gasteiger partial charge on any atom is 0.102 e. The first-order chi connectivity index (χ1) is 8.43. The smallest absolute Gasteiger partial charge is 0.102 e. The van der Waals surface area contributed by atoms with E-state index in [-0.39, 0.29) is 0 Å². The second-order valence-electron chi connectivity index (χ2n) is 5.74. The molecule has 2 N–H and O–H groups in total. The minimum Gasteiger partial charge on any atom is -0.314 e. The van der Waals surface area contributed by atoms with Gasteiger partial charge >= 0.3 is 0 Å². The molecule has 4 heteroatoms. The zero-order valence-corrected chi connectivity index (χ0v) is 12.3. The second-order valence-corrected chi connectivity index (χ2v) is 5.74. The number of hydrogen-bond acceptors (Lipinski definition) is 4. The molecule has 1 fully saturated rings. The molecule has 1 aliphatic rings. The van der Waals surface area contributed by atoms with E-state index in [9.17, 15) is 0 Å². The molecule has 18 heavy (non-hydrogen) atoms. The molecule has 0 aromatic carbocycles. The summed E-state index contributed by atoms with van der Waals surface area (Å²) in [5.74, 6) is 0. The lowest BCUT2D eigenvalue weighted by Gasteiger charge is -2.30. The third-order valence-electron chi connectivity index (χ3n) is 4.12. The summed E-state index contributed by atoms with van der Waals surface area (Å²) in [5, 5.41) is 9.00. The van der Waals surface area contributed by atoms with Crippen LogP contribution in [-0.4, -0.2) is 53.6 Å². The summed E-state index contributed by atoms with van der Waals surface area (Å²) in [4.78, 5) is 5.00. The van der Waals surface area contributed by atoms with Crippen LogP contribution in [0.5, 0.6) is 0 Å². The monoisotopic (exact) mass is 252 g/mol. The van der Waals surface area contributed by atoms with Crippen LogP contribution in [0.4, 0.5) is 0 Å². The normalized spacial score (nSPS) is 25.9. The van der Waals surface area contributed by atoms with E-state index in [0.717, 1.165) is 32.6 Å². The molecule has 1 heterocycles. The lowest BCUT2D eigenvalue weighted by molar-refractivity contribution is 0.181. The molecule has 3 atom stereocenters. The van der Waals surface area contributed by atoms with Crippen molar-refractivity contribution in [2.45, 2.75) is 58.2 Å². The van der Waals surface area contributed by atoms with E-state index in [1.807, 2.05) is 6.92 Å². The maximum absolute atomic E-state index is 9.00. The average molecular weight is 252 g/mol. The van der Waals surface area contributed by atoms with Crippen LogP contribution in [0.25, 0.3) is 0 Å². The Labute approximate surface area is 112 Å². The van der Waals surface area contributed by atoms with Crippen molar-refractivity contribution in [3.05, 3.63) is 0 Å². The Bertz CT molecular complexity index is 291. The summed E-state index contributed by atoms with van der Waals surface area (Å²) in [6.45, 7) is 12.9. The van der Waals surface area contributed by atoms with Crippen molar-refractivity contribution in [1.82, 2.24) is 9.80 Å². The van der Waals surface area contributed by atoms with Crippen molar-refractivity contribution in [2.75, 3.05) is 26.2 Å². The highest BCUT2D eigenvalue weighted by Gasteiger charge is 2.31. The minimum absolute atomic E-state index is 0.389. The predicted octanol–water partition coefficient (Wildman–Crippen LogP) is 1.42. The topological polar surface area (TPSA) is 56.3 Å². The van der Waals surface area contributed by atoms with Crippen LogP contribution in [0.3, 0.4) is 0 Å². The van der Waals surface area contributed by atoms with Crippen LogP contribution < -0.4 is 5.73 Å². The lowest BCUT2D eigenvalue weighted by atomic mass is 9.96. The van der Waals surface area contributed by atoms with Gasteiger partial charge in [0, 0.05) is 25.2 Å². The zero-order valence-electron chi connectivity index (χ0n) is 12.3. The van der Waals surface area contributed by atoms with E-state index in [4.69, 9.17) is 11.0 Å². The number of nitrogens with two attached hydrogens (primary N) is 1. The van der Waals surface area contributed by atoms with Gasteiger partial charge < -0.3 is 5.73 Å². The van der Waals surface area contributed by atoms with E-state index in [1.54, 1.807) is 0 Å². The van der Waals surface area contributed by atoms with E-state index in [1.165, 1.54) is 6.42 Å². The fourth-order valence-electron chi connectivity index (χ4n) is 2.99. The molecule has 0 spiro atoms. The number of hydrogen-bond donors (Lipinski definition) is 1. The minimum atomic E-state index is -0.702. The van der Waals surface area contributed by atoms with E-state index >= 15 is 0 Å². The number of nitriles is 1. The van der Waals surface area contributed by atoms with Crippen LogP contribution in [0.1, 0.15) is 40.5 Å². The lowest BCUT2D eigenvalue weighted by Crippen LogP contribution is -2.44. The standard InChI is InChI=1S/C14H28N4/c1-5-17(6-2)13-7-8-18(10-13)12(3)9-14(4,16)11-15/h12-13H,5-10,16H2,1-4H3. The molecule has 0 aromatic heterocycles. The van der Waals surface area contributed by atoms with Crippen molar-refractivity contribution in [3.8, 4) is 6.07 Å². The van der Waals surface area contributed by atoms with Crippen LogP contribution in [0.15, 0.2) is 0 Å². The summed E-state index contributed by atoms with van der Waals surface area (Å²) in [6, 6.07) is 3.26. The molecule has 0 aliphatic carbocycles. The Balaban J connectivity index is 2.49. The van der Waals surface area contributed by atoms with E-state index in [2.05, 4.69) is 36.6 Å². The summed E-state index contributed by atoms with van der Waals surface area (Å²) in [7, 11) is 0. The van der Waals surface area contributed by atoms with Gasteiger partial charge in [0.1, 0.15) is 5.54 Å². The number of likely N-dealkylation sites (N-methyl/N-ethyl adjacent to an activating group) is 1. The van der Waals surface area contributed by atoms with E-state index < -0.39 is 5.54 Å². The second kappa shape index (κ2) is 6.51. The fourth-order valence-corrected chi connectivity index (χ4v) is 2.99. The molecule has 4 nitrogen and oxygen atoms in total. The number of rotatable bonds is 6. The Morgan fingerprint density at radius 1 is 1.50 bits per heavy atom. The van der Waals surface area contributed by atoms with Gasteiger partial charge in [-0.15, -0.1) is 0 Å². The number of nitrogens with zero attached hydrogens (tertiary/aromatic N) is 3. The van der Waals surface area contributed by atoms with Gasteiger partial charge in [0.25, 0.3) is 0 Å². The molecule has 0 bridgehead atoms. The van der Waals surface area contributed by atoms with Crippen molar-refractivity contribution in [1.29, 1.82) is 5.26 Å². The Morgan fingerprint density at radius 2 is 2.11 bits per heavy atom. The Hall–Kier alpha value is -0.630. The largest absolute Gasteiger partial charge is 0.314 e. The van der Waals surface area contributed by atoms with Gasteiger partial charge in [-0.05, 0) is 39.8 Å². The van der Waals surface area contributed by atoms with Gasteiger partial charge in [0.2, 0.25) is 0 Å². The van der Waals surface area contributed by atoms with Gasteiger partial charge in [-0.25, -0.2) is 0 Å². The first kappa shape index (κ1) is 15.4. The summed E-state index contributed by atoms with van der Waals surface area (Å²) < 4.78 is 0. The third-order valence-corrected chi connectivity index (χ3v) is 4.12. The fraction of sp³-hybridized carbons (Fsp3) is 0.929. The first-order valence-corrected chi connectivity index (χ1v) is 7.11. The van der Waals surface area contributed by atoms with Crippen LogP contribution in [0.2, 0.25) is 0 Å². The molecule has 0 radical (unpaired) electrons. The molecule has 1 aliphatic heterocycles. The van der Waals surface area contributed by atoms with Crippen molar-refractivity contribution in [2.24, 2.45) is 5.73 Å². The molecule has 0 aromatic rings. The average Bonchev–Trinajstić information content (AvgIpc) is 2.80. The van der Waals surface area contributed by atoms with Crippen molar-refractivity contribution >= 4 is 0 Å². The molecule has 104 valence electrons. The Morgan fingerprint density at radius 3 is 2.61 bits per heavy atom. The summed E-state index contributed by atoms with van der Waals surface area (Å²) in [5.41, 5.74) is 5.23. The summed E-state index contributed by atoms with van der Waals surface area (Å²) >= 11 is 0. The molecular formula is C14H28N4. The molecule has 1 saturated heterocycles. The molecular weight excluding hydrogens is 224 g/mol. The van der Waals surface area contributed by atoms with Gasteiger partial charge in [-0.2, -0.15) is 5.26 Å². The first-order valence-electron chi connectivity index (χ1n) is 7.11. The van der Waals surface area contributed by atoms with Crippen LogP contribution in [0, 0.1) is 11.3 Å². The third kappa shape index (κ3) is 3.94. The van der Waals surface area contributed by atoms with Gasteiger partial charge in [-0.3, -0.25) is 9.80 Å². The number of likely N-dealkylation sites (tertiary alicyclic amines) is 1. The predicted molar refractivity (Wildman–Crippen MR) is 75.2 cm³/mol. The Kier molecular flexibility index (Phi) is 5.58. The van der Waals surface area contributed by atoms with Gasteiger partial charge in [0.15, 0.2) is 0 Å². The summed E-state index contributed by atoms with van der Waals surface area (Å²) in [6.07, 6.45) is 1.98. The molecule has 0 saturated carbocycles. The van der Waals surface area contributed by atoms with Crippen molar-refractivity contribution in [3.63, 3.8) is 0 Å². The quantitative estimate of drug-likeness (QED) is 0.777. The highest BCUT2D eigenvalue weighted by atomic mass is 15.3. The van der Waals surface area contributed by atoms with E-state index in [0.29, 0.717) is 12.1 Å².